The molecule has 156 valence electrons. The van der Waals surface area contributed by atoms with Crippen molar-refractivity contribution in [3.8, 4) is 0 Å². The second-order valence-corrected chi connectivity index (χ2v) is 9.38. The van der Waals surface area contributed by atoms with Gasteiger partial charge in [0, 0.05) is 19.6 Å². The van der Waals surface area contributed by atoms with Crippen LogP contribution in [0.1, 0.15) is 37.9 Å². The SMILES string of the molecule is Cc1cccc(C2C(=O)NCCN2S(=O)(=O)CCN2C(=O)c3ccccc3C2=O)c1. The van der Waals surface area contributed by atoms with E-state index in [-0.39, 0.29) is 30.8 Å². The van der Waals surface area contributed by atoms with Crippen LogP contribution < -0.4 is 5.32 Å². The Hall–Kier alpha value is -3.04. The average molecular weight is 427 g/mol. The highest BCUT2D eigenvalue weighted by Crippen LogP contribution is 2.28. The quantitative estimate of drug-likeness (QED) is 0.720. The van der Waals surface area contributed by atoms with Crippen LogP contribution in [-0.2, 0) is 14.8 Å². The van der Waals surface area contributed by atoms with E-state index in [9.17, 15) is 22.8 Å². The van der Waals surface area contributed by atoms with Crippen molar-refractivity contribution in [3.63, 3.8) is 0 Å². The first-order chi connectivity index (χ1) is 14.3. The molecule has 1 fully saturated rings. The van der Waals surface area contributed by atoms with Crippen LogP contribution in [0.5, 0.6) is 0 Å². The van der Waals surface area contributed by atoms with Gasteiger partial charge >= 0.3 is 0 Å². The maximum atomic E-state index is 13.1. The van der Waals surface area contributed by atoms with Gasteiger partial charge in [-0.1, -0.05) is 42.0 Å². The summed E-state index contributed by atoms with van der Waals surface area (Å²) >= 11 is 0. The Morgan fingerprint density at radius 1 is 1.00 bits per heavy atom. The molecule has 2 aromatic rings. The fourth-order valence-corrected chi connectivity index (χ4v) is 5.43. The Bertz CT molecular complexity index is 1110. The van der Waals surface area contributed by atoms with Gasteiger partial charge in [0.2, 0.25) is 15.9 Å². The molecule has 1 saturated heterocycles. The largest absolute Gasteiger partial charge is 0.353 e. The number of fused-ring (bicyclic) bond motifs is 1. The lowest BCUT2D eigenvalue weighted by molar-refractivity contribution is -0.126. The molecule has 8 nitrogen and oxygen atoms in total. The highest BCUT2D eigenvalue weighted by Gasteiger charge is 2.40. The summed E-state index contributed by atoms with van der Waals surface area (Å²) in [7, 11) is -3.92. The van der Waals surface area contributed by atoms with Gasteiger partial charge in [0.15, 0.2) is 0 Å². The van der Waals surface area contributed by atoms with Crippen LogP contribution in [0.3, 0.4) is 0 Å². The number of nitrogens with zero attached hydrogens (tertiary/aromatic N) is 2. The van der Waals surface area contributed by atoms with Gasteiger partial charge in [-0.3, -0.25) is 19.3 Å². The molecular weight excluding hydrogens is 406 g/mol. The maximum absolute atomic E-state index is 13.1. The molecule has 0 radical (unpaired) electrons. The molecule has 30 heavy (non-hydrogen) atoms. The molecule has 2 aliphatic rings. The Morgan fingerprint density at radius 3 is 2.30 bits per heavy atom. The highest BCUT2D eigenvalue weighted by atomic mass is 32.2. The third kappa shape index (κ3) is 3.50. The Balaban J connectivity index is 1.56. The third-order valence-corrected chi connectivity index (χ3v) is 7.14. The number of aryl methyl sites for hydroxylation is 1. The lowest BCUT2D eigenvalue weighted by Gasteiger charge is -2.34. The van der Waals surface area contributed by atoms with Gasteiger partial charge in [-0.2, -0.15) is 4.31 Å². The number of hydrogen-bond donors (Lipinski definition) is 1. The molecule has 3 amide bonds. The van der Waals surface area contributed by atoms with Crippen molar-refractivity contribution < 1.29 is 22.8 Å². The van der Waals surface area contributed by atoms with Crippen LogP contribution >= 0.6 is 0 Å². The molecule has 9 heteroatoms. The van der Waals surface area contributed by atoms with Gasteiger partial charge in [-0.05, 0) is 24.6 Å². The number of benzene rings is 2. The minimum atomic E-state index is -3.92. The lowest BCUT2D eigenvalue weighted by atomic mass is 10.0. The zero-order valence-corrected chi connectivity index (χ0v) is 17.2. The molecule has 0 aromatic heterocycles. The maximum Gasteiger partial charge on any atom is 0.261 e. The molecule has 0 spiro atoms. The van der Waals surface area contributed by atoms with Crippen molar-refractivity contribution in [2.45, 2.75) is 13.0 Å². The number of carbonyl (C=O) groups excluding carboxylic acids is 3. The Labute approximate surface area is 174 Å². The summed E-state index contributed by atoms with van der Waals surface area (Å²) in [5.74, 6) is -1.85. The van der Waals surface area contributed by atoms with Crippen LogP contribution in [-0.4, -0.2) is 60.7 Å². The summed E-state index contributed by atoms with van der Waals surface area (Å²) < 4.78 is 27.4. The van der Waals surface area contributed by atoms with E-state index in [1.165, 1.54) is 4.31 Å². The third-order valence-electron chi connectivity index (χ3n) is 5.33. The molecule has 2 aromatic carbocycles. The van der Waals surface area contributed by atoms with E-state index in [0.29, 0.717) is 5.56 Å². The molecule has 0 saturated carbocycles. The van der Waals surface area contributed by atoms with Gasteiger partial charge in [-0.25, -0.2) is 8.42 Å². The van der Waals surface area contributed by atoms with Gasteiger partial charge in [0.05, 0.1) is 16.9 Å². The normalized spacial score (nSPS) is 19.7. The van der Waals surface area contributed by atoms with Crippen LogP contribution in [0.25, 0.3) is 0 Å². The standard InChI is InChI=1S/C21H21N3O5S/c1-14-5-4-6-15(13-14)18-19(25)22-9-10-24(18)30(28,29)12-11-23-20(26)16-7-2-3-8-17(16)21(23)27/h2-8,13,18H,9-12H2,1H3,(H,22,25). The molecule has 0 aliphatic carbocycles. The van der Waals surface area contributed by atoms with Crippen LogP contribution in [0, 0.1) is 6.92 Å². The second kappa shape index (κ2) is 7.66. The number of amides is 3. The van der Waals surface area contributed by atoms with Crippen molar-refractivity contribution in [2.24, 2.45) is 0 Å². The number of sulfonamides is 1. The van der Waals surface area contributed by atoms with Crippen molar-refractivity contribution in [1.29, 1.82) is 0 Å². The molecule has 2 aliphatic heterocycles. The lowest BCUT2D eigenvalue weighted by Crippen LogP contribution is -2.53. The molecule has 1 N–H and O–H groups in total. The molecule has 0 bridgehead atoms. The first-order valence-electron chi connectivity index (χ1n) is 9.58. The first-order valence-corrected chi connectivity index (χ1v) is 11.2. The number of piperazine rings is 1. The monoisotopic (exact) mass is 427 g/mol. The van der Waals surface area contributed by atoms with Crippen molar-refractivity contribution in [2.75, 3.05) is 25.4 Å². The molecule has 2 heterocycles. The number of rotatable bonds is 5. The van der Waals surface area contributed by atoms with Crippen molar-refractivity contribution in [3.05, 3.63) is 70.8 Å². The van der Waals surface area contributed by atoms with Crippen LogP contribution in [0.2, 0.25) is 0 Å². The number of nitrogens with one attached hydrogen (secondary N) is 1. The van der Waals surface area contributed by atoms with Gasteiger partial charge < -0.3 is 5.32 Å². The van der Waals surface area contributed by atoms with Crippen LogP contribution in [0.15, 0.2) is 48.5 Å². The molecule has 1 unspecified atom stereocenters. The van der Waals surface area contributed by atoms with Crippen LogP contribution in [0.4, 0.5) is 0 Å². The zero-order valence-electron chi connectivity index (χ0n) is 16.4. The second-order valence-electron chi connectivity index (χ2n) is 7.34. The Kier molecular flexibility index (Phi) is 5.17. The van der Waals surface area contributed by atoms with Gasteiger partial charge in [-0.15, -0.1) is 0 Å². The van der Waals surface area contributed by atoms with E-state index in [0.717, 1.165) is 10.5 Å². The number of carbonyl (C=O) groups is 3. The summed E-state index contributed by atoms with van der Waals surface area (Å²) in [6, 6.07) is 12.6. The summed E-state index contributed by atoms with van der Waals surface area (Å²) in [6.07, 6.45) is 0. The van der Waals surface area contributed by atoms with Crippen molar-refractivity contribution >= 4 is 27.7 Å². The summed E-state index contributed by atoms with van der Waals surface area (Å²) in [5, 5.41) is 2.71. The molecular formula is C21H21N3O5S. The Morgan fingerprint density at radius 2 is 1.67 bits per heavy atom. The van der Waals surface area contributed by atoms with Gasteiger partial charge in [0.1, 0.15) is 6.04 Å². The van der Waals surface area contributed by atoms with Crippen molar-refractivity contribution in [1.82, 2.24) is 14.5 Å². The van der Waals surface area contributed by atoms with E-state index in [1.54, 1.807) is 42.5 Å². The highest BCUT2D eigenvalue weighted by molar-refractivity contribution is 7.89. The van der Waals surface area contributed by atoms with E-state index in [2.05, 4.69) is 5.32 Å². The predicted octanol–water partition coefficient (Wildman–Crippen LogP) is 1.09. The predicted molar refractivity (Wildman–Crippen MR) is 109 cm³/mol. The van der Waals surface area contributed by atoms with E-state index in [4.69, 9.17) is 0 Å². The fraction of sp³-hybridized carbons (Fsp3) is 0.286. The number of imide groups is 1. The molecule has 1 atom stereocenters. The zero-order chi connectivity index (χ0) is 21.5. The average Bonchev–Trinajstić information content (AvgIpc) is 2.97. The van der Waals surface area contributed by atoms with E-state index < -0.39 is 39.5 Å². The summed E-state index contributed by atoms with van der Waals surface area (Å²) in [5.41, 5.74) is 2.04. The minimum Gasteiger partial charge on any atom is -0.353 e. The smallest absolute Gasteiger partial charge is 0.261 e. The first kappa shape index (κ1) is 20.2. The molecule has 4 rings (SSSR count). The van der Waals surface area contributed by atoms with E-state index >= 15 is 0 Å². The summed E-state index contributed by atoms with van der Waals surface area (Å²) in [6.45, 7) is 1.92. The minimum absolute atomic E-state index is 0.120. The number of hydrogen-bond acceptors (Lipinski definition) is 5. The fourth-order valence-electron chi connectivity index (χ4n) is 3.87. The van der Waals surface area contributed by atoms with E-state index in [1.807, 2.05) is 13.0 Å². The topological polar surface area (TPSA) is 104 Å². The van der Waals surface area contributed by atoms with Gasteiger partial charge in [0.25, 0.3) is 11.8 Å². The summed E-state index contributed by atoms with van der Waals surface area (Å²) in [4.78, 5) is 38.5.